The minimum atomic E-state index is -4.64. The van der Waals surface area contributed by atoms with Crippen molar-refractivity contribution in [2.75, 3.05) is 27.2 Å². The molecule has 3 aromatic rings. The molecule has 296 valence electrons. The van der Waals surface area contributed by atoms with Crippen molar-refractivity contribution in [3.63, 3.8) is 0 Å². The van der Waals surface area contributed by atoms with Crippen LogP contribution in [0.1, 0.15) is 69.5 Å². The van der Waals surface area contributed by atoms with Crippen molar-refractivity contribution < 1.29 is 45.4 Å². The first kappa shape index (κ1) is 38.8. The molecule has 2 aliphatic carbocycles. The van der Waals surface area contributed by atoms with Crippen molar-refractivity contribution in [3.05, 3.63) is 47.0 Å². The van der Waals surface area contributed by atoms with E-state index < -0.39 is 62.1 Å². The van der Waals surface area contributed by atoms with Gasteiger partial charge in [-0.1, -0.05) is 12.2 Å². The molecule has 7 rings (SSSR count). The molecule has 4 atom stereocenters. The van der Waals surface area contributed by atoms with Crippen LogP contribution in [0.15, 0.2) is 35.7 Å². The maximum atomic E-state index is 14.4. The van der Waals surface area contributed by atoms with Gasteiger partial charge in [0.2, 0.25) is 15.9 Å². The maximum absolute atomic E-state index is 14.4. The molecular weight excluding hydrogens is 762 g/mol. The smallest absolute Gasteiger partial charge is 0.434 e. The van der Waals surface area contributed by atoms with E-state index in [0.717, 1.165) is 23.1 Å². The second kappa shape index (κ2) is 14.2. The van der Waals surface area contributed by atoms with Gasteiger partial charge in [0.15, 0.2) is 5.69 Å². The molecule has 3 fully saturated rings. The lowest BCUT2D eigenvalue weighted by Crippen LogP contribution is -2.61. The third-order valence-corrected chi connectivity index (χ3v) is 14.2. The molecule has 4 heterocycles. The normalized spacial score (nSPS) is 26.3. The number of alkyl halides is 3. The van der Waals surface area contributed by atoms with E-state index in [-0.39, 0.29) is 36.1 Å². The zero-order valence-electron chi connectivity index (χ0n) is 30.9. The number of piperidine rings is 1. The number of nitrogens with one attached hydrogen (secondary N) is 2. The average Bonchev–Trinajstić information content (AvgIpc) is 3.99. The van der Waals surface area contributed by atoms with E-state index in [9.17, 15) is 36.0 Å². The largest absolute Gasteiger partial charge is 0.496 e. The number of amides is 4. The van der Waals surface area contributed by atoms with Gasteiger partial charge >= 0.3 is 12.2 Å². The van der Waals surface area contributed by atoms with E-state index in [2.05, 4.69) is 20.0 Å². The number of pyridine rings is 1. The van der Waals surface area contributed by atoms with Crippen molar-refractivity contribution in [2.24, 2.45) is 5.92 Å². The number of allylic oxidation sites excluding steroid dienone is 1. The number of nitrogens with zero attached hydrogens (tertiary/aromatic N) is 4. The number of aryl methyl sites for hydroxylation is 1. The van der Waals surface area contributed by atoms with Crippen LogP contribution in [-0.2, 0) is 25.8 Å². The number of ether oxygens (including phenoxy) is 2. The Morgan fingerprint density at radius 1 is 1.13 bits per heavy atom. The fourth-order valence-corrected chi connectivity index (χ4v) is 9.38. The first-order valence-electron chi connectivity index (χ1n) is 18.2. The zero-order chi connectivity index (χ0) is 39.5. The summed E-state index contributed by atoms with van der Waals surface area (Å²) in [5.74, 6) is -1.09. The molecule has 0 unspecified atom stereocenters. The Morgan fingerprint density at radius 2 is 1.89 bits per heavy atom. The molecule has 0 spiro atoms. The predicted molar refractivity (Wildman–Crippen MR) is 198 cm³/mol. The number of methoxy groups -OCH3 is 1. The van der Waals surface area contributed by atoms with Crippen LogP contribution in [0.5, 0.6) is 11.5 Å². The standard InChI is InChI=1S/C37H43F3N6O7S2/c1-21-27(52-4)11-10-24-28(18-25(41-30(21)24)32-42-29(20-54-32)37(38,39)40)53-23-12-16-46-26(17-23)31(47)43-36(33(48)44-55(50,51)35(2)13-14-35)19-22(36)9-7-5-6-8-15-45(3)34(46)49/h7,9-11,18,20,22-23,26H,5-6,8,12-17,19H2,1-4H3,(H,43,47)(H,44,48)/b9-7-/t22-,23-,26-,36+/m0/s1. The highest BCUT2D eigenvalue weighted by atomic mass is 32.2. The second-order valence-corrected chi connectivity index (χ2v) is 18.1. The lowest BCUT2D eigenvalue weighted by molar-refractivity contribution is -0.140. The van der Waals surface area contributed by atoms with Gasteiger partial charge in [-0.15, -0.1) is 11.3 Å². The monoisotopic (exact) mass is 804 g/mol. The van der Waals surface area contributed by atoms with Crippen LogP contribution in [0, 0.1) is 12.8 Å². The summed E-state index contributed by atoms with van der Waals surface area (Å²) in [7, 11) is -0.838. The SMILES string of the molecule is COc1ccc2c(O[C@H]3CCN4C(=O)N(C)CCCC/C=C\[C@H]5C[C@@]5(C(=O)NS(=O)(=O)C5(C)CC5)NC(=O)[C@@H]4C3)cc(-c3nc(C(F)(F)F)cs3)nc2c1C. The fourth-order valence-electron chi connectivity index (χ4n) is 7.28. The van der Waals surface area contributed by atoms with Crippen LogP contribution in [0.2, 0.25) is 0 Å². The molecule has 4 aliphatic rings. The summed E-state index contributed by atoms with van der Waals surface area (Å²) in [6.45, 7) is 3.92. The number of carbonyl (C=O) groups excluding carboxylic acids is 3. The van der Waals surface area contributed by atoms with Gasteiger partial charge in [0.25, 0.3) is 5.91 Å². The highest BCUT2D eigenvalue weighted by Gasteiger charge is 2.63. The van der Waals surface area contributed by atoms with Crippen LogP contribution in [0.4, 0.5) is 18.0 Å². The van der Waals surface area contributed by atoms with E-state index in [1.807, 2.05) is 12.2 Å². The van der Waals surface area contributed by atoms with E-state index in [1.54, 1.807) is 37.9 Å². The summed E-state index contributed by atoms with van der Waals surface area (Å²) in [4.78, 5) is 53.5. The van der Waals surface area contributed by atoms with Crippen LogP contribution in [0.25, 0.3) is 21.6 Å². The number of sulfonamides is 1. The van der Waals surface area contributed by atoms with Gasteiger partial charge in [0, 0.05) is 61.3 Å². The number of carbonyl (C=O) groups is 3. The van der Waals surface area contributed by atoms with Crippen LogP contribution in [-0.4, -0.2) is 95.7 Å². The highest BCUT2D eigenvalue weighted by molar-refractivity contribution is 7.91. The predicted octanol–water partition coefficient (Wildman–Crippen LogP) is 5.57. The van der Waals surface area contributed by atoms with Crippen molar-refractivity contribution in [3.8, 4) is 22.2 Å². The summed E-state index contributed by atoms with van der Waals surface area (Å²) in [6, 6.07) is 3.51. The lowest BCUT2D eigenvalue weighted by Gasteiger charge is -2.40. The Labute approximate surface area is 320 Å². The third kappa shape index (κ3) is 7.46. The number of urea groups is 1. The Kier molecular flexibility index (Phi) is 10.1. The molecule has 18 heteroatoms. The van der Waals surface area contributed by atoms with Gasteiger partial charge in [0.05, 0.1) is 17.4 Å². The quantitative estimate of drug-likeness (QED) is 0.291. The summed E-state index contributed by atoms with van der Waals surface area (Å²) < 4.78 is 80.0. The molecule has 2 N–H and O–H groups in total. The third-order valence-electron chi connectivity index (χ3n) is 11.2. The van der Waals surface area contributed by atoms with Crippen LogP contribution < -0.4 is 19.5 Å². The van der Waals surface area contributed by atoms with Crippen molar-refractivity contribution in [1.29, 1.82) is 0 Å². The van der Waals surface area contributed by atoms with E-state index >= 15 is 0 Å². The summed E-state index contributed by atoms with van der Waals surface area (Å²) in [5.41, 5.74) is -1.36. The van der Waals surface area contributed by atoms with Crippen LogP contribution in [0.3, 0.4) is 0 Å². The number of hydrogen-bond donors (Lipinski definition) is 2. The molecular formula is C37H43F3N6O7S2. The summed E-state index contributed by atoms with van der Waals surface area (Å²) in [5, 5.41) is 4.38. The first-order valence-corrected chi connectivity index (χ1v) is 20.6. The number of rotatable bonds is 7. The fraction of sp³-hybridized carbons (Fsp3) is 0.541. The van der Waals surface area contributed by atoms with Crippen molar-refractivity contribution >= 4 is 50.1 Å². The summed E-state index contributed by atoms with van der Waals surface area (Å²) in [6.07, 6.45) is 1.99. The number of benzene rings is 1. The Bertz CT molecular complexity index is 2170. The Balaban J connectivity index is 1.21. The zero-order valence-corrected chi connectivity index (χ0v) is 32.5. The first-order chi connectivity index (χ1) is 26.0. The number of fused-ring (bicyclic) bond motifs is 3. The van der Waals surface area contributed by atoms with E-state index in [1.165, 1.54) is 18.1 Å². The van der Waals surface area contributed by atoms with Gasteiger partial charge in [0.1, 0.15) is 39.9 Å². The topological polar surface area (TPSA) is 160 Å². The molecule has 4 amide bonds. The average molecular weight is 805 g/mol. The highest BCUT2D eigenvalue weighted by Crippen LogP contribution is 2.48. The number of hydrogen-bond acceptors (Lipinski definition) is 10. The molecule has 0 radical (unpaired) electrons. The molecule has 1 aromatic carbocycles. The molecule has 55 heavy (non-hydrogen) atoms. The van der Waals surface area contributed by atoms with Crippen molar-refractivity contribution in [2.45, 2.75) is 93.8 Å². The van der Waals surface area contributed by atoms with Gasteiger partial charge in [-0.2, -0.15) is 13.2 Å². The number of thiazole rings is 1. The molecule has 13 nitrogen and oxygen atoms in total. The minimum absolute atomic E-state index is 0.00372. The lowest BCUT2D eigenvalue weighted by atomic mass is 9.97. The van der Waals surface area contributed by atoms with Crippen molar-refractivity contribution in [1.82, 2.24) is 29.8 Å². The molecule has 2 aromatic heterocycles. The molecule has 1 saturated heterocycles. The molecule has 2 saturated carbocycles. The van der Waals surface area contributed by atoms with Crippen LogP contribution >= 0.6 is 11.3 Å². The molecule has 2 aliphatic heterocycles. The second-order valence-electron chi connectivity index (χ2n) is 15.1. The summed E-state index contributed by atoms with van der Waals surface area (Å²) >= 11 is 0.795. The maximum Gasteiger partial charge on any atom is 0.434 e. The number of aromatic nitrogens is 2. The molecule has 0 bridgehead atoms. The van der Waals surface area contributed by atoms with E-state index in [0.29, 0.717) is 66.6 Å². The van der Waals surface area contributed by atoms with Gasteiger partial charge in [-0.05, 0) is 64.5 Å². The van der Waals surface area contributed by atoms with E-state index in [4.69, 9.17) is 9.47 Å². The Hall–Kier alpha value is -4.45. The Morgan fingerprint density at radius 3 is 2.58 bits per heavy atom. The van der Waals surface area contributed by atoms with Gasteiger partial charge in [-0.25, -0.2) is 23.2 Å². The number of halogens is 3. The van der Waals surface area contributed by atoms with Gasteiger partial charge in [-0.3, -0.25) is 14.3 Å². The van der Waals surface area contributed by atoms with Gasteiger partial charge < -0.3 is 24.6 Å². The minimum Gasteiger partial charge on any atom is -0.496 e.